The number of rotatable bonds is 10. The van der Waals surface area contributed by atoms with Crippen molar-refractivity contribution in [1.82, 2.24) is 0 Å². The summed E-state index contributed by atoms with van der Waals surface area (Å²) in [6.45, 7) is 14.6. The van der Waals surface area contributed by atoms with Crippen molar-refractivity contribution in [2.45, 2.75) is 53.4 Å². The molecule has 2 aromatic carbocycles. The highest BCUT2D eigenvalue weighted by Gasteiger charge is 2.51. The lowest BCUT2D eigenvalue weighted by atomic mass is 10.0. The Labute approximate surface area is 270 Å². The average Bonchev–Trinajstić information content (AvgIpc) is 3.46. The number of benzene rings is 2. The van der Waals surface area contributed by atoms with Gasteiger partial charge in [-0.15, -0.1) is 0 Å². The second-order valence-electron chi connectivity index (χ2n) is 12.4. The van der Waals surface area contributed by atoms with Gasteiger partial charge in [-0.25, -0.2) is 0 Å². The van der Waals surface area contributed by atoms with Gasteiger partial charge in [-0.2, -0.15) is 0 Å². The van der Waals surface area contributed by atoms with Gasteiger partial charge < -0.3 is 8.85 Å². The van der Waals surface area contributed by atoms with Crippen LogP contribution in [0.25, 0.3) is 44.5 Å². The van der Waals surface area contributed by atoms with Crippen LogP contribution in [0.4, 0.5) is 0 Å². The van der Waals surface area contributed by atoms with Crippen molar-refractivity contribution in [2.75, 3.05) is 13.2 Å². The van der Waals surface area contributed by atoms with Gasteiger partial charge in [0.15, 0.2) is 0 Å². The first kappa shape index (κ1) is 31.0. The average molecular weight is 609 g/mol. The zero-order chi connectivity index (χ0) is 31.6. The van der Waals surface area contributed by atoms with Gasteiger partial charge in [-0.3, -0.25) is 0 Å². The van der Waals surface area contributed by atoms with Gasteiger partial charge in [0.05, 0.1) is 0 Å². The molecule has 0 spiro atoms. The SMILES string of the molecule is CCO[Si](OCC)(c1c2ccccc(-c3ccccc3)c-2cc1C(C)C)c1c2ccccc(-c3ccccc3)c-2cc1C(C)C. The Bertz CT molecular complexity index is 1690. The van der Waals surface area contributed by atoms with E-state index in [4.69, 9.17) is 8.85 Å². The minimum absolute atomic E-state index is 0.286. The molecule has 0 unspecified atom stereocenters. The Morgan fingerprint density at radius 1 is 0.444 bits per heavy atom. The maximum absolute atomic E-state index is 7.23. The quantitative estimate of drug-likeness (QED) is 0.144. The molecule has 4 aliphatic rings. The smallest absolute Gasteiger partial charge is 0.388 e. The molecule has 228 valence electrons. The van der Waals surface area contributed by atoms with Crippen LogP contribution in [-0.2, 0) is 8.85 Å². The van der Waals surface area contributed by atoms with E-state index in [-0.39, 0.29) is 11.8 Å². The molecule has 2 nitrogen and oxygen atoms in total. The maximum Gasteiger partial charge on any atom is 0.408 e. The van der Waals surface area contributed by atoms with Gasteiger partial charge in [0.2, 0.25) is 0 Å². The predicted molar refractivity (Wildman–Crippen MR) is 193 cm³/mol. The van der Waals surface area contributed by atoms with Crippen LogP contribution in [0, 0.1) is 0 Å². The van der Waals surface area contributed by atoms with Crippen LogP contribution in [0.3, 0.4) is 0 Å². The molecule has 0 bridgehead atoms. The van der Waals surface area contributed by atoms with Crippen LogP contribution in [0.1, 0.15) is 64.5 Å². The summed E-state index contributed by atoms with van der Waals surface area (Å²) < 4.78 is 14.5. The molecule has 0 radical (unpaired) electrons. The molecule has 0 saturated heterocycles. The van der Waals surface area contributed by atoms with E-state index < -0.39 is 8.56 Å². The zero-order valence-electron chi connectivity index (χ0n) is 27.4. The molecule has 0 saturated carbocycles. The van der Waals surface area contributed by atoms with Gasteiger partial charge in [0, 0.05) is 23.6 Å². The van der Waals surface area contributed by atoms with E-state index in [1.54, 1.807) is 0 Å². The molecule has 0 aliphatic heterocycles. The highest BCUT2D eigenvalue weighted by atomic mass is 28.4. The summed E-state index contributed by atoms with van der Waals surface area (Å²) in [7, 11) is -3.31. The summed E-state index contributed by atoms with van der Waals surface area (Å²) in [5, 5.41) is 2.51. The van der Waals surface area contributed by atoms with Gasteiger partial charge in [-0.1, -0.05) is 149 Å². The second kappa shape index (κ2) is 13.1. The first-order valence-electron chi connectivity index (χ1n) is 16.4. The molecule has 0 heterocycles. The van der Waals surface area contributed by atoms with Crippen LogP contribution in [0.15, 0.2) is 121 Å². The van der Waals surface area contributed by atoms with E-state index in [2.05, 4.69) is 163 Å². The Kier molecular flexibility index (Phi) is 9.05. The minimum atomic E-state index is -3.31. The molecule has 0 aromatic heterocycles. The van der Waals surface area contributed by atoms with Crippen molar-refractivity contribution in [3.05, 3.63) is 132 Å². The van der Waals surface area contributed by atoms with E-state index >= 15 is 0 Å². The van der Waals surface area contributed by atoms with Crippen molar-refractivity contribution >= 4 is 18.9 Å². The zero-order valence-corrected chi connectivity index (χ0v) is 28.4. The molecule has 45 heavy (non-hydrogen) atoms. The molecule has 0 atom stereocenters. The third-order valence-corrected chi connectivity index (χ3v) is 12.7. The number of hydrogen-bond donors (Lipinski definition) is 0. The largest absolute Gasteiger partial charge is 0.408 e. The number of hydrogen-bond acceptors (Lipinski definition) is 2. The molecule has 6 rings (SSSR count). The van der Waals surface area contributed by atoms with Crippen LogP contribution in [-0.4, -0.2) is 21.8 Å². The standard InChI is InChI=1S/C42H44O2Si/c1-7-43-45(44-8-2,41-35-25-17-15-23-33(31-19-11-9-12-20-31)39(35)27-37(41)29(3)4)42-36-26-18-16-24-34(32-21-13-10-14-22-32)40(36)28-38(42)30(5)6/h9-30H,7-8H2,1-6H3. The van der Waals surface area contributed by atoms with Crippen molar-refractivity contribution in [2.24, 2.45) is 0 Å². The maximum atomic E-state index is 7.23. The highest BCUT2D eigenvalue weighted by molar-refractivity contribution is 6.95. The molecule has 0 fully saturated rings. The fourth-order valence-electron chi connectivity index (χ4n) is 7.02. The predicted octanol–water partition coefficient (Wildman–Crippen LogP) is 10.1. The van der Waals surface area contributed by atoms with E-state index in [9.17, 15) is 0 Å². The molecule has 0 amide bonds. The first-order valence-corrected chi connectivity index (χ1v) is 18.2. The first-order chi connectivity index (χ1) is 21.9. The molecule has 2 aromatic rings. The van der Waals surface area contributed by atoms with Crippen molar-refractivity contribution in [1.29, 1.82) is 0 Å². The minimum Gasteiger partial charge on any atom is -0.388 e. The molecule has 3 heteroatoms. The van der Waals surface area contributed by atoms with E-state index in [0.717, 1.165) is 0 Å². The van der Waals surface area contributed by atoms with E-state index in [1.165, 1.54) is 66.0 Å². The summed E-state index contributed by atoms with van der Waals surface area (Å²) in [5.74, 6) is 0.572. The molecular weight excluding hydrogens is 565 g/mol. The molecule has 0 N–H and O–H groups in total. The fourth-order valence-corrected chi connectivity index (χ4v) is 11.4. The van der Waals surface area contributed by atoms with Crippen LogP contribution < -0.4 is 10.4 Å². The molecular formula is C42H44O2Si. The lowest BCUT2D eigenvalue weighted by Gasteiger charge is -2.34. The lowest BCUT2D eigenvalue weighted by Crippen LogP contribution is -2.65. The van der Waals surface area contributed by atoms with Gasteiger partial charge in [0.25, 0.3) is 0 Å². The summed E-state index contributed by atoms with van der Waals surface area (Å²) in [6, 6.07) is 44.1. The van der Waals surface area contributed by atoms with Crippen molar-refractivity contribution in [3.63, 3.8) is 0 Å². The molecule has 4 aliphatic carbocycles. The highest BCUT2D eigenvalue weighted by Crippen LogP contribution is 2.42. The summed E-state index contributed by atoms with van der Waals surface area (Å²) in [6.07, 6.45) is 0. The monoisotopic (exact) mass is 608 g/mol. The topological polar surface area (TPSA) is 18.5 Å². The normalized spacial score (nSPS) is 12.1. The van der Waals surface area contributed by atoms with Crippen molar-refractivity contribution in [3.8, 4) is 44.5 Å². The third kappa shape index (κ3) is 5.54. The Balaban J connectivity index is 1.72. The van der Waals surface area contributed by atoms with Crippen molar-refractivity contribution < 1.29 is 8.85 Å². The summed E-state index contributed by atoms with van der Waals surface area (Å²) in [4.78, 5) is 0. The van der Waals surface area contributed by atoms with Gasteiger partial charge >= 0.3 is 8.56 Å². The van der Waals surface area contributed by atoms with Crippen LogP contribution >= 0.6 is 0 Å². The van der Waals surface area contributed by atoms with Crippen LogP contribution in [0.2, 0.25) is 0 Å². The Hall–Kier alpha value is -4.02. The Morgan fingerprint density at radius 2 is 0.778 bits per heavy atom. The lowest BCUT2D eigenvalue weighted by molar-refractivity contribution is 0.208. The van der Waals surface area contributed by atoms with E-state index in [1.807, 2.05) is 0 Å². The van der Waals surface area contributed by atoms with Crippen LogP contribution in [0.5, 0.6) is 0 Å². The van der Waals surface area contributed by atoms with E-state index in [0.29, 0.717) is 13.2 Å². The third-order valence-electron chi connectivity index (χ3n) is 8.92. The second-order valence-corrected chi connectivity index (χ2v) is 15.2. The number of fused-ring (bicyclic) bond motifs is 2. The summed E-state index contributed by atoms with van der Waals surface area (Å²) in [5.41, 5.74) is 12.5. The Morgan fingerprint density at radius 3 is 1.11 bits per heavy atom. The van der Waals surface area contributed by atoms with Gasteiger partial charge in [0.1, 0.15) is 0 Å². The van der Waals surface area contributed by atoms with Gasteiger partial charge in [-0.05, 0) is 81.3 Å². The summed E-state index contributed by atoms with van der Waals surface area (Å²) >= 11 is 0. The fraction of sp³-hybridized carbons (Fsp3) is 0.238.